The first-order valence-corrected chi connectivity index (χ1v) is 15.1. The van der Waals surface area contributed by atoms with Gasteiger partial charge in [0.25, 0.3) is 0 Å². The van der Waals surface area contributed by atoms with E-state index in [1.165, 1.54) is 0 Å². The molecule has 38 heavy (non-hydrogen) atoms. The summed E-state index contributed by atoms with van der Waals surface area (Å²) in [5.41, 5.74) is 10.3. The Hall–Kier alpha value is -2.44. The summed E-state index contributed by atoms with van der Waals surface area (Å²) in [6.45, 7) is 15.7. The van der Waals surface area contributed by atoms with Gasteiger partial charge in [-0.3, -0.25) is 9.98 Å². The molecule has 0 atom stereocenters. The highest BCUT2D eigenvalue weighted by Gasteiger charge is 2.10. The van der Waals surface area contributed by atoms with Gasteiger partial charge in [-0.15, -0.1) is 0 Å². The van der Waals surface area contributed by atoms with Crippen LogP contribution in [0.1, 0.15) is 110 Å². The first-order valence-electron chi connectivity index (χ1n) is 15.1. The van der Waals surface area contributed by atoms with Crippen LogP contribution in [0.15, 0.2) is 33.3 Å². The Bertz CT molecular complexity index is 771. The van der Waals surface area contributed by atoms with E-state index in [0.717, 1.165) is 126 Å². The van der Waals surface area contributed by atoms with Gasteiger partial charge in [0.15, 0.2) is 11.8 Å². The predicted molar refractivity (Wildman–Crippen MR) is 163 cm³/mol. The predicted octanol–water partition coefficient (Wildman–Crippen LogP) is 9.05. The molecule has 0 radical (unpaired) electrons. The first-order chi connectivity index (χ1) is 18.6. The molecule has 0 spiro atoms. The van der Waals surface area contributed by atoms with Crippen molar-refractivity contribution in [2.45, 2.75) is 112 Å². The lowest BCUT2D eigenvalue weighted by Crippen LogP contribution is -2.28. The molecule has 1 rings (SSSR count). The fourth-order valence-electron chi connectivity index (χ4n) is 4.00. The molecular formula is C31H55N5O2. The lowest BCUT2D eigenvalue weighted by Gasteiger charge is -2.26. The maximum absolute atomic E-state index is 7.39. The highest BCUT2D eigenvalue weighted by Crippen LogP contribution is 2.25. The van der Waals surface area contributed by atoms with Crippen molar-refractivity contribution >= 4 is 23.2 Å². The number of nitrogens with zero attached hydrogens (tertiary/aromatic N) is 4. The topological polar surface area (TPSA) is 82.6 Å². The highest BCUT2D eigenvalue weighted by atomic mass is 16.5. The number of aryl methyl sites for hydroxylation is 1. The van der Waals surface area contributed by atoms with Crippen LogP contribution in [0.2, 0.25) is 0 Å². The highest BCUT2D eigenvalue weighted by molar-refractivity contribution is 5.76. The molecule has 0 aromatic heterocycles. The average molecular weight is 530 g/mol. The molecule has 1 aromatic rings. The summed E-state index contributed by atoms with van der Waals surface area (Å²) in [4.78, 5) is 11.8. The van der Waals surface area contributed by atoms with Crippen LogP contribution >= 0.6 is 0 Å². The monoisotopic (exact) mass is 529 g/mol. The van der Waals surface area contributed by atoms with E-state index >= 15 is 0 Å². The normalized spacial score (nSPS) is 12.0. The van der Waals surface area contributed by atoms with Gasteiger partial charge in [-0.1, -0.05) is 53.4 Å². The Balaban J connectivity index is 2.74. The molecule has 0 fully saturated rings. The summed E-state index contributed by atoms with van der Waals surface area (Å²) in [5.74, 6) is 1.83. The van der Waals surface area contributed by atoms with E-state index in [1.807, 2.05) is 13.0 Å². The summed E-state index contributed by atoms with van der Waals surface area (Å²) in [7, 11) is 0. The van der Waals surface area contributed by atoms with E-state index in [2.05, 4.69) is 49.8 Å². The molecule has 1 aromatic carbocycles. The second-order valence-corrected chi connectivity index (χ2v) is 9.94. The van der Waals surface area contributed by atoms with Gasteiger partial charge in [0.2, 0.25) is 0 Å². The fourth-order valence-corrected chi connectivity index (χ4v) is 4.00. The minimum Gasteiger partial charge on any atom is -0.481 e. The smallest absolute Gasteiger partial charge is 0.183 e. The van der Waals surface area contributed by atoms with Crippen LogP contribution in [0, 0.1) is 12.5 Å². The molecule has 0 aliphatic heterocycles. The summed E-state index contributed by atoms with van der Waals surface area (Å²) in [6.07, 6.45) is 12.8. The van der Waals surface area contributed by atoms with Crippen molar-refractivity contribution in [3.05, 3.63) is 23.8 Å². The van der Waals surface area contributed by atoms with E-state index in [1.54, 1.807) is 0 Å². The maximum atomic E-state index is 7.39. The second-order valence-electron chi connectivity index (χ2n) is 9.94. The van der Waals surface area contributed by atoms with Crippen molar-refractivity contribution in [2.24, 2.45) is 15.1 Å². The number of rotatable bonds is 22. The van der Waals surface area contributed by atoms with Gasteiger partial charge < -0.3 is 14.4 Å². The summed E-state index contributed by atoms with van der Waals surface area (Å²) in [6, 6.07) is 6.14. The summed E-state index contributed by atoms with van der Waals surface area (Å²) in [5, 5.41) is 3.64. The Labute approximate surface area is 233 Å². The Morgan fingerprint density at radius 2 is 1.24 bits per heavy atom. The lowest BCUT2D eigenvalue weighted by atomic mass is 10.1. The van der Waals surface area contributed by atoms with Gasteiger partial charge in [0.05, 0.1) is 18.9 Å². The van der Waals surface area contributed by atoms with Crippen LogP contribution < -0.4 is 4.90 Å². The minimum atomic E-state index is 0.673. The quantitative estimate of drug-likeness (QED) is 0.0703. The van der Waals surface area contributed by atoms with Crippen LogP contribution in [0.3, 0.4) is 0 Å². The summed E-state index contributed by atoms with van der Waals surface area (Å²) < 4.78 is 12.2. The van der Waals surface area contributed by atoms with Crippen molar-refractivity contribution in [1.29, 1.82) is 5.53 Å². The van der Waals surface area contributed by atoms with Crippen LogP contribution in [-0.2, 0) is 9.47 Å². The molecular weight excluding hydrogens is 474 g/mol. The van der Waals surface area contributed by atoms with Crippen molar-refractivity contribution in [2.75, 3.05) is 44.3 Å². The molecule has 0 aliphatic rings. The maximum Gasteiger partial charge on any atom is 0.183 e. The van der Waals surface area contributed by atoms with Gasteiger partial charge in [-0.2, -0.15) is 5.11 Å². The van der Waals surface area contributed by atoms with Crippen LogP contribution in [0.5, 0.6) is 0 Å². The summed E-state index contributed by atoms with van der Waals surface area (Å²) >= 11 is 0. The largest absolute Gasteiger partial charge is 0.481 e. The lowest BCUT2D eigenvalue weighted by molar-refractivity contribution is 0.281. The molecule has 7 heteroatoms. The Kier molecular flexibility index (Phi) is 19.9. The molecule has 1 N–H and O–H groups in total. The number of benzene rings is 1. The Morgan fingerprint density at radius 3 is 1.66 bits per heavy atom. The van der Waals surface area contributed by atoms with Crippen LogP contribution in [0.25, 0.3) is 0 Å². The number of aliphatic imine (C=N–C) groups is 2. The van der Waals surface area contributed by atoms with E-state index in [4.69, 9.17) is 25.0 Å². The standard InChI is InChI=1S/C31H55N5O2/c1-6-10-16-30(33-20-12-8-3)37-24-14-22-36(28-18-19-29(35-32)27(5)26-28)23-15-25-38-31(17-11-7-2)34-21-13-9-4/h18-19,26,32H,6-17,20-25H2,1-5H3. The molecule has 216 valence electrons. The van der Waals surface area contributed by atoms with E-state index in [9.17, 15) is 0 Å². The molecule has 0 heterocycles. The average Bonchev–Trinajstić information content (AvgIpc) is 2.92. The van der Waals surface area contributed by atoms with Crippen molar-refractivity contribution < 1.29 is 9.47 Å². The van der Waals surface area contributed by atoms with Gasteiger partial charge in [-0.05, 0) is 69.2 Å². The van der Waals surface area contributed by atoms with Gasteiger partial charge in [-0.25, -0.2) is 5.53 Å². The van der Waals surface area contributed by atoms with Gasteiger partial charge in [0, 0.05) is 44.7 Å². The molecule has 0 amide bonds. The van der Waals surface area contributed by atoms with E-state index in [-0.39, 0.29) is 0 Å². The first kappa shape index (κ1) is 33.6. The van der Waals surface area contributed by atoms with E-state index < -0.39 is 0 Å². The zero-order valence-corrected chi connectivity index (χ0v) is 25.1. The third kappa shape index (κ3) is 15.1. The number of unbranched alkanes of at least 4 members (excludes halogenated alkanes) is 4. The van der Waals surface area contributed by atoms with Crippen molar-refractivity contribution in [1.82, 2.24) is 0 Å². The molecule has 0 saturated heterocycles. The third-order valence-corrected chi connectivity index (χ3v) is 6.44. The number of hydrogen-bond donors (Lipinski definition) is 1. The van der Waals surface area contributed by atoms with E-state index in [0.29, 0.717) is 18.9 Å². The fraction of sp³-hybridized carbons (Fsp3) is 0.742. The van der Waals surface area contributed by atoms with Crippen molar-refractivity contribution in [3.8, 4) is 0 Å². The number of anilines is 1. The van der Waals surface area contributed by atoms with Crippen LogP contribution in [-0.4, -0.2) is 51.2 Å². The second kappa shape index (κ2) is 22.5. The minimum absolute atomic E-state index is 0.673. The molecule has 0 saturated carbocycles. The zero-order valence-electron chi connectivity index (χ0n) is 25.1. The number of ether oxygens (including phenoxy) is 2. The zero-order chi connectivity index (χ0) is 27.8. The van der Waals surface area contributed by atoms with Crippen LogP contribution in [0.4, 0.5) is 11.4 Å². The molecule has 0 unspecified atom stereocenters. The molecule has 0 aliphatic carbocycles. The molecule has 7 nitrogen and oxygen atoms in total. The van der Waals surface area contributed by atoms with Gasteiger partial charge >= 0.3 is 0 Å². The number of hydrogen-bond acceptors (Lipinski definition) is 7. The SMILES string of the molecule is CCCCN=C(CCCC)OCCCN(CCCOC(CCCC)=NCCCC)c1ccc(N=N)c(C)c1. The van der Waals surface area contributed by atoms with Gasteiger partial charge in [0.1, 0.15) is 0 Å². The molecule has 0 bridgehead atoms. The Morgan fingerprint density at radius 1 is 0.737 bits per heavy atom. The number of nitrogens with one attached hydrogen (secondary N) is 1. The van der Waals surface area contributed by atoms with Crippen molar-refractivity contribution in [3.63, 3.8) is 0 Å². The third-order valence-electron chi connectivity index (χ3n) is 6.44.